The van der Waals surface area contributed by atoms with Crippen LogP contribution in [0.15, 0.2) is 30.3 Å². The molecule has 0 unspecified atom stereocenters. The van der Waals surface area contributed by atoms with Crippen molar-refractivity contribution < 1.29 is 9.59 Å². The molecule has 0 bridgehead atoms. The molecule has 1 aliphatic rings. The first-order valence-electron chi connectivity index (χ1n) is 11.7. The number of benzene rings is 1. The molecule has 6 heteroatoms. The number of carbonyl (C=O) groups excluding carboxylic acids is 2. The van der Waals surface area contributed by atoms with Crippen molar-refractivity contribution in [3.8, 4) is 0 Å². The summed E-state index contributed by atoms with van der Waals surface area (Å²) in [4.78, 5) is 31.1. The largest absolute Gasteiger partial charge is 0.369 e. The monoisotopic (exact) mass is 416 g/mol. The fourth-order valence-electron chi connectivity index (χ4n) is 3.95. The number of piperazine rings is 1. The van der Waals surface area contributed by atoms with Crippen LogP contribution in [0, 0.1) is 0 Å². The molecule has 1 aromatic carbocycles. The van der Waals surface area contributed by atoms with E-state index in [0.717, 1.165) is 65.1 Å². The van der Waals surface area contributed by atoms with Crippen molar-refractivity contribution in [3.05, 3.63) is 30.3 Å². The van der Waals surface area contributed by atoms with Gasteiger partial charge in [0.1, 0.15) is 0 Å². The minimum absolute atomic E-state index is 0.0641. The molecule has 1 saturated heterocycles. The van der Waals surface area contributed by atoms with Crippen molar-refractivity contribution in [2.45, 2.75) is 52.4 Å². The van der Waals surface area contributed by atoms with Crippen molar-refractivity contribution in [2.75, 3.05) is 57.3 Å². The number of amides is 2. The minimum Gasteiger partial charge on any atom is -0.369 e. The van der Waals surface area contributed by atoms with Crippen LogP contribution in [0.5, 0.6) is 0 Å². The lowest BCUT2D eigenvalue weighted by atomic mass is 10.2. The molecule has 1 aromatic rings. The predicted molar refractivity (Wildman–Crippen MR) is 124 cm³/mol. The average molecular weight is 417 g/mol. The highest BCUT2D eigenvalue weighted by atomic mass is 16.2. The molecule has 0 saturated carbocycles. The number of para-hydroxylation sites is 1. The number of nitrogens with zero attached hydrogens (tertiary/aromatic N) is 3. The van der Waals surface area contributed by atoms with Crippen molar-refractivity contribution in [3.63, 3.8) is 0 Å². The summed E-state index contributed by atoms with van der Waals surface area (Å²) in [5, 5.41) is 3.01. The van der Waals surface area contributed by atoms with E-state index in [1.807, 2.05) is 4.90 Å². The van der Waals surface area contributed by atoms with Gasteiger partial charge in [0.2, 0.25) is 11.8 Å². The van der Waals surface area contributed by atoms with E-state index in [0.29, 0.717) is 25.8 Å². The second kappa shape index (κ2) is 14.0. The third kappa shape index (κ3) is 8.74. The van der Waals surface area contributed by atoms with Gasteiger partial charge in [0.25, 0.3) is 0 Å². The highest BCUT2D eigenvalue weighted by Crippen LogP contribution is 2.15. The Labute approximate surface area is 182 Å². The molecule has 6 nitrogen and oxygen atoms in total. The zero-order valence-corrected chi connectivity index (χ0v) is 18.9. The van der Waals surface area contributed by atoms with Crippen molar-refractivity contribution in [1.82, 2.24) is 15.1 Å². The molecule has 1 fully saturated rings. The molecular weight excluding hydrogens is 376 g/mol. The zero-order chi connectivity index (χ0) is 21.6. The molecule has 0 radical (unpaired) electrons. The van der Waals surface area contributed by atoms with Crippen LogP contribution in [0.25, 0.3) is 0 Å². The van der Waals surface area contributed by atoms with Gasteiger partial charge in [-0.25, -0.2) is 0 Å². The molecule has 2 amide bonds. The Balaban J connectivity index is 1.52. The van der Waals surface area contributed by atoms with E-state index in [9.17, 15) is 9.59 Å². The van der Waals surface area contributed by atoms with E-state index >= 15 is 0 Å². The Morgan fingerprint density at radius 2 is 1.60 bits per heavy atom. The van der Waals surface area contributed by atoms with Gasteiger partial charge in [-0.2, -0.15) is 0 Å². The second-order valence-corrected chi connectivity index (χ2v) is 8.10. The van der Waals surface area contributed by atoms with Crippen LogP contribution in [0.3, 0.4) is 0 Å². The first kappa shape index (κ1) is 24.2. The lowest BCUT2D eigenvalue weighted by Gasteiger charge is -2.36. The Morgan fingerprint density at radius 3 is 2.23 bits per heavy atom. The Kier molecular flexibility index (Phi) is 11.3. The SMILES string of the molecule is CCCN(CCC)C(=O)CCCC(=O)NCCCN1CCN(c2ccccc2)CC1. The van der Waals surface area contributed by atoms with Crippen LogP contribution in [-0.4, -0.2) is 74.0 Å². The lowest BCUT2D eigenvalue weighted by Crippen LogP contribution is -2.47. The molecule has 1 heterocycles. The maximum atomic E-state index is 12.2. The van der Waals surface area contributed by atoms with E-state index in [1.54, 1.807) is 0 Å². The maximum absolute atomic E-state index is 12.2. The first-order chi connectivity index (χ1) is 14.6. The molecule has 2 rings (SSSR count). The number of hydrogen-bond acceptors (Lipinski definition) is 4. The zero-order valence-electron chi connectivity index (χ0n) is 18.9. The summed E-state index contributed by atoms with van der Waals surface area (Å²) < 4.78 is 0. The highest BCUT2D eigenvalue weighted by Gasteiger charge is 2.16. The summed E-state index contributed by atoms with van der Waals surface area (Å²) in [6.07, 6.45) is 4.47. The average Bonchev–Trinajstić information content (AvgIpc) is 2.77. The molecule has 0 spiro atoms. The molecular formula is C24H40N4O2. The first-order valence-corrected chi connectivity index (χ1v) is 11.7. The maximum Gasteiger partial charge on any atom is 0.222 e. The fourth-order valence-corrected chi connectivity index (χ4v) is 3.95. The number of hydrogen-bond donors (Lipinski definition) is 1. The van der Waals surface area contributed by atoms with Crippen LogP contribution in [-0.2, 0) is 9.59 Å². The third-order valence-electron chi connectivity index (χ3n) is 5.60. The highest BCUT2D eigenvalue weighted by molar-refractivity contribution is 5.78. The Hall–Kier alpha value is -2.08. The van der Waals surface area contributed by atoms with Gasteiger partial charge in [-0.15, -0.1) is 0 Å². The van der Waals surface area contributed by atoms with Gasteiger partial charge in [-0.1, -0.05) is 32.0 Å². The number of nitrogens with one attached hydrogen (secondary N) is 1. The summed E-state index contributed by atoms with van der Waals surface area (Å²) in [5.74, 6) is 0.246. The van der Waals surface area contributed by atoms with Gasteiger partial charge in [0.15, 0.2) is 0 Å². The van der Waals surface area contributed by atoms with E-state index in [-0.39, 0.29) is 11.8 Å². The third-order valence-corrected chi connectivity index (χ3v) is 5.60. The lowest BCUT2D eigenvalue weighted by molar-refractivity contribution is -0.131. The van der Waals surface area contributed by atoms with Crippen LogP contribution in [0.4, 0.5) is 5.69 Å². The molecule has 168 valence electrons. The molecule has 0 atom stereocenters. The van der Waals surface area contributed by atoms with Gasteiger partial charge in [-0.05, 0) is 44.4 Å². The second-order valence-electron chi connectivity index (χ2n) is 8.10. The van der Waals surface area contributed by atoms with Crippen molar-refractivity contribution in [2.24, 2.45) is 0 Å². The summed E-state index contributed by atoms with van der Waals surface area (Å²) in [6, 6.07) is 10.6. The van der Waals surface area contributed by atoms with Gasteiger partial charge in [0.05, 0.1) is 0 Å². The van der Waals surface area contributed by atoms with E-state index in [2.05, 4.69) is 59.3 Å². The van der Waals surface area contributed by atoms with E-state index in [1.165, 1.54) is 5.69 Å². The number of rotatable bonds is 13. The summed E-state index contributed by atoms with van der Waals surface area (Å²) in [6.45, 7) is 11.8. The number of anilines is 1. The predicted octanol–water partition coefficient (Wildman–Crippen LogP) is 3.13. The van der Waals surface area contributed by atoms with Crippen LogP contribution in [0.2, 0.25) is 0 Å². The van der Waals surface area contributed by atoms with Crippen LogP contribution < -0.4 is 10.2 Å². The Morgan fingerprint density at radius 1 is 0.933 bits per heavy atom. The summed E-state index contributed by atoms with van der Waals surface area (Å²) >= 11 is 0. The molecule has 1 N–H and O–H groups in total. The normalized spacial score (nSPS) is 14.5. The smallest absolute Gasteiger partial charge is 0.222 e. The van der Waals surface area contributed by atoms with Crippen LogP contribution in [0.1, 0.15) is 52.4 Å². The fraction of sp³-hybridized carbons (Fsp3) is 0.667. The Bertz CT molecular complexity index is 609. The van der Waals surface area contributed by atoms with E-state index in [4.69, 9.17) is 0 Å². The standard InChI is InChI=1S/C24H40N4O2/c1-3-15-28(16-4-2)24(30)13-8-12-23(29)25-14-9-17-26-18-20-27(21-19-26)22-10-6-5-7-11-22/h5-7,10-11H,3-4,8-9,12-21H2,1-2H3,(H,25,29). The molecule has 0 aliphatic carbocycles. The van der Waals surface area contributed by atoms with Crippen molar-refractivity contribution in [1.29, 1.82) is 0 Å². The van der Waals surface area contributed by atoms with E-state index < -0.39 is 0 Å². The van der Waals surface area contributed by atoms with Gasteiger partial charge in [0, 0.05) is 64.3 Å². The van der Waals surface area contributed by atoms with Gasteiger partial charge < -0.3 is 15.1 Å². The summed E-state index contributed by atoms with van der Waals surface area (Å²) in [5.41, 5.74) is 1.30. The molecule has 0 aromatic heterocycles. The van der Waals surface area contributed by atoms with Crippen molar-refractivity contribution >= 4 is 17.5 Å². The summed E-state index contributed by atoms with van der Waals surface area (Å²) in [7, 11) is 0. The topological polar surface area (TPSA) is 55.9 Å². The van der Waals surface area contributed by atoms with Gasteiger partial charge >= 0.3 is 0 Å². The number of carbonyl (C=O) groups is 2. The quantitative estimate of drug-likeness (QED) is 0.502. The molecule has 1 aliphatic heterocycles. The molecule has 30 heavy (non-hydrogen) atoms. The van der Waals surface area contributed by atoms with Crippen LogP contribution >= 0.6 is 0 Å². The minimum atomic E-state index is 0.0641. The van der Waals surface area contributed by atoms with Gasteiger partial charge in [-0.3, -0.25) is 14.5 Å².